The number of aliphatic carboxylic acids is 1. The molecule has 0 saturated carbocycles. The summed E-state index contributed by atoms with van der Waals surface area (Å²) in [5.74, 6) is -2.44. The van der Waals surface area contributed by atoms with Crippen LogP contribution in [0.15, 0.2) is 24.7 Å². The van der Waals surface area contributed by atoms with E-state index < -0.39 is 17.7 Å². The molecule has 5 nitrogen and oxygen atoms in total. The summed E-state index contributed by atoms with van der Waals surface area (Å²) >= 11 is 0. The Bertz CT molecular complexity index is 711. The van der Waals surface area contributed by atoms with Crippen molar-refractivity contribution in [3.05, 3.63) is 36.4 Å². The standard InChI is InChI=1S/C13H11F2N3O2/c14-9-5-16-13(15)11-12(9)18(6-17-11)8-2-1-7(3-8)4-10(19)20/h1-2,5-8H,3-4H2,(H,19,20)/t7-,8+/m1/s1. The molecule has 1 aliphatic rings. The third-order valence-corrected chi connectivity index (χ3v) is 3.45. The van der Waals surface area contributed by atoms with Gasteiger partial charge in [-0.15, -0.1) is 0 Å². The third kappa shape index (κ3) is 2.04. The fourth-order valence-electron chi connectivity index (χ4n) is 2.57. The molecule has 0 spiro atoms. The van der Waals surface area contributed by atoms with Crippen LogP contribution in [0.1, 0.15) is 18.9 Å². The maximum Gasteiger partial charge on any atom is 0.303 e. The molecule has 0 amide bonds. The van der Waals surface area contributed by atoms with Crippen molar-refractivity contribution >= 4 is 17.0 Å². The van der Waals surface area contributed by atoms with Crippen LogP contribution in [0.4, 0.5) is 8.78 Å². The number of rotatable bonds is 3. The largest absolute Gasteiger partial charge is 0.481 e. The van der Waals surface area contributed by atoms with Gasteiger partial charge < -0.3 is 9.67 Å². The molecule has 3 rings (SSSR count). The normalized spacial score (nSPS) is 21.7. The van der Waals surface area contributed by atoms with Crippen molar-refractivity contribution in [3.63, 3.8) is 0 Å². The number of imidazole rings is 1. The summed E-state index contributed by atoms with van der Waals surface area (Å²) in [4.78, 5) is 17.8. The van der Waals surface area contributed by atoms with Crippen LogP contribution in [0.5, 0.6) is 0 Å². The number of pyridine rings is 1. The smallest absolute Gasteiger partial charge is 0.303 e. The van der Waals surface area contributed by atoms with Crippen molar-refractivity contribution < 1.29 is 18.7 Å². The lowest BCUT2D eigenvalue weighted by Crippen LogP contribution is -2.09. The number of hydrogen-bond acceptors (Lipinski definition) is 3. The van der Waals surface area contributed by atoms with E-state index in [1.54, 1.807) is 12.2 Å². The molecular weight excluding hydrogens is 268 g/mol. The molecule has 20 heavy (non-hydrogen) atoms. The number of carboxylic acid groups (broad SMARTS) is 1. The van der Waals surface area contributed by atoms with Gasteiger partial charge in [0.25, 0.3) is 0 Å². The lowest BCUT2D eigenvalue weighted by molar-refractivity contribution is -0.137. The minimum absolute atomic E-state index is 0.0258. The first-order chi connectivity index (χ1) is 9.56. The molecule has 2 aromatic heterocycles. The van der Waals surface area contributed by atoms with E-state index in [-0.39, 0.29) is 29.4 Å². The van der Waals surface area contributed by atoms with Gasteiger partial charge in [-0.2, -0.15) is 4.39 Å². The van der Waals surface area contributed by atoms with Gasteiger partial charge in [-0.3, -0.25) is 4.79 Å². The van der Waals surface area contributed by atoms with Gasteiger partial charge in [-0.05, 0) is 12.3 Å². The summed E-state index contributed by atoms with van der Waals surface area (Å²) in [6.07, 6.45) is 6.33. The van der Waals surface area contributed by atoms with Crippen LogP contribution >= 0.6 is 0 Å². The number of carboxylic acids is 1. The van der Waals surface area contributed by atoms with Crippen molar-refractivity contribution in [2.45, 2.75) is 18.9 Å². The molecule has 7 heteroatoms. The monoisotopic (exact) mass is 279 g/mol. The summed E-state index contributed by atoms with van der Waals surface area (Å²) in [6.45, 7) is 0. The first-order valence-electron chi connectivity index (χ1n) is 6.13. The quantitative estimate of drug-likeness (QED) is 0.691. The van der Waals surface area contributed by atoms with Crippen LogP contribution in [0, 0.1) is 17.7 Å². The molecule has 104 valence electrons. The highest BCUT2D eigenvalue weighted by molar-refractivity contribution is 5.75. The minimum Gasteiger partial charge on any atom is -0.481 e. The zero-order valence-electron chi connectivity index (χ0n) is 10.3. The highest BCUT2D eigenvalue weighted by Crippen LogP contribution is 2.33. The van der Waals surface area contributed by atoms with E-state index in [0.717, 1.165) is 6.20 Å². The number of hydrogen-bond donors (Lipinski definition) is 1. The van der Waals surface area contributed by atoms with Gasteiger partial charge in [0, 0.05) is 0 Å². The average molecular weight is 279 g/mol. The molecule has 1 N–H and O–H groups in total. The number of aromatic nitrogens is 3. The fraction of sp³-hybridized carbons (Fsp3) is 0.308. The van der Waals surface area contributed by atoms with E-state index in [1.165, 1.54) is 10.9 Å². The molecule has 2 heterocycles. The van der Waals surface area contributed by atoms with Gasteiger partial charge in [-0.25, -0.2) is 14.4 Å². The Morgan fingerprint density at radius 1 is 1.40 bits per heavy atom. The van der Waals surface area contributed by atoms with Gasteiger partial charge in [0.2, 0.25) is 5.95 Å². The number of halogens is 2. The van der Waals surface area contributed by atoms with Crippen molar-refractivity contribution in [2.24, 2.45) is 5.92 Å². The van der Waals surface area contributed by atoms with Crippen molar-refractivity contribution in [1.82, 2.24) is 14.5 Å². The number of allylic oxidation sites excluding steroid dienone is 2. The summed E-state index contributed by atoms with van der Waals surface area (Å²) in [5, 5.41) is 8.77. The molecule has 0 saturated heterocycles. The zero-order chi connectivity index (χ0) is 14.3. The summed E-state index contributed by atoms with van der Waals surface area (Å²) in [6, 6.07) is -0.222. The van der Waals surface area contributed by atoms with Crippen LogP contribution in [-0.4, -0.2) is 25.6 Å². The molecule has 0 aromatic carbocycles. The van der Waals surface area contributed by atoms with E-state index in [1.807, 2.05) is 0 Å². The predicted octanol–water partition coefficient (Wildman–Crippen LogP) is 2.30. The van der Waals surface area contributed by atoms with E-state index in [2.05, 4.69) is 9.97 Å². The van der Waals surface area contributed by atoms with E-state index in [0.29, 0.717) is 6.42 Å². The molecule has 0 fully saturated rings. The Morgan fingerprint density at radius 3 is 2.95 bits per heavy atom. The Hall–Kier alpha value is -2.31. The predicted molar refractivity (Wildman–Crippen MR) is 66.0 cm³/mol. The molecule has 2 atom stereocenters. The first-order valence-corrected chi connectivity index (χ1v) is 6.13. The van der Waals surface area contributed by atoms with Crippen LogP contribution in [0.2, 0.25) is 0 Å². The SMILES string of the molecule is O=C(O)C[C@@H]1C=C[C@H](n2cnc3c(F)ncc(F)c32)C1. The topological polar surface area (TPSA) is 68.0 Å². The minimum atomic E-state index is -0.878. The summed E-state index contributed by atoms with van der Waals surface area (Å²) in [5.41, 5.74) is -0.0526. The van der Waals surface area contributed by atoms with Crippen LogP contribution in [0.25, 0.3) is 11.0 Å². The lowest BCUT2D eigenvalue weighted by atomic mass is 10.0. The lowest BCUT2D eigenvalue weighted by Gasteiger charge is -2.13. The van der Waals surface area contributed by atoms with Crippen molar-refractivity contribution in [2.75, 3.05) is 0 Å². The van der Waals surface area contributed by atoms with Crippen LogP contribution < -0.4 is 0 Å². The number of nitrogens with zero attached hydrogens (tertiary/aromatic N) is 3. The molecule has 0 unspecified atom stereocenters. The molecule has 2 aromatic rings. The summed E-state index contributed by atoms with van der Waals surface area (Å²) < 4.78 is 28.8. The summed E-state index contributed by atoms with van der Waals surface area (Å²) in [7, 11) is 0. The van der Waals surface area contributed by atoms with Crippen molar-refractivity contribution in [3.8, 4) is 0 Å². The number of fused-ring (bicyclic) bond motifs is 1. The Morgan fingerprint density at radius 2 is 2.20 bits per heavy atom. The van der Waals surface area contributed by atoms with E-state index >= 15 is 0 Å². The first kappa shape index (κ1) is 12.7. The Labute approximate surface area is 112 Å². The number of carbonyl (C=O) groups is 1. The molecule has 0 aliphatic heterocycles. The molecule has 1 aliphatic carbocycles. The maximum atomic E-state index is 13.8. The third-order valence-electron chi connectivity index (χ3n) is 3.45. The second-order valence-corrected chi connectivity index (χ2v) is 4.79. The second-order valence-electron chi connectivity index (χ2n) is 4.79. The Balaban J connectivity index is 1.95. The van der Waals surface area contributed by atoms with Gasteiger partial charge in [0.15, 0.2) is 5.82 Å². The van der Waals surface area contributed by atoms with E-state index in [9.17, 15) is 13.6 Å². The van der Waals surface area contributed by atoms with Crippen molar-refractivity contribution in [1.29, 1.82) is 0 Å². The Kier molecular flexibility index (Phi) is 2.96. The van der Waals surface area contributed by atoms with Gasteiger partial charge >= 0.3 is 5.97 Å². The van der Waals surface area contributed by atoms with Gasteiger partial charge in [0.1, 0.15) is 11.0 Å². The zero-order valence-corrected chi connectivity index (χ0v) is 10.3. The molecular formula is C13H11F2N3O2. The van der Waals surface area contributed by atoms with Gasteiger partial charge in [-0.1, -0.05) is 12.2 Å². The average Bonchev–Trinajstić information content (AvgIpc) is 2.99. The highest BCUT2D eigenvalue weighted by atomic mass is 19.1. The fourth-order valence-corrected chi connectivity index (χ4v) is 2.57. The van der Waals surface area contributed by atoms with E-state index in [4.69, 9.17) is 5.11 Å². The second kappa shape index (κ2) is 4.66. The molecule has 0 radical (unpaired) electrons. The highest BCUT2D eigenvalue weighted by Gasteiger charge is 2.25. The maximum absolute atomic E-state index is 13.8. The molecule has 0 bridgehead atoms. The van der Waals surface area contributed by atoms with Gasteiger partial charge in [0.05, 0.1) is 25.0 Å². The van der Waals surface area contributed by atoms with Crippen LogP contribution in [-0.2, 0) is 4.79 Å². The van der Waals surface area contributed by atoms with Crippen LogP contribution in [0.3, 0.4) is 0 Å².